The molecule has 0 spiro atoms. The molecule has 0 fully saturated rings. The van der Waals surface area contributed by atoms with Gasteiger partial charge in [0.2, 0.25) is 0 Å². The van der Waals surface area contributed by atoms with Gasteiger partial charge < -0.3 is 0 Å². The third-order valence-corrected chi connectivity index (χ3v) is 8.47. The number of benzene rings is 2. The summed E-state index contributed by atoms with van der Waals surface area (Å²) in [6.45, 7) is 0. The van der Waals surface area contributed by atoms with Crippen molar-refractivity contribution in [3.05, 3.63) is 78.4 Å². The highest BCUT2D eigenvalue weighted by molar-refractivity contribution is 9.10. The molecule has 0 unspecified atom stereocenters. The lowest BCUT2D eigenvalue weighted by Crippen LogP contribution is -2.12. The summed E-state index contributed by atoms with van der Waals surface area (Å²) in [5.74, 6) is 0.0193. The van der Waals surface area contributed by atoms with Crippen LogP contribution in [-0.4, -0.2) is 11.6 Å². The van der Waals surface area contributed by atoms with Crippen molar-refractivity contribution in [3.8, 4) is 0 Å². The van der Waals surface area contributed by atoms with E-state index in [4.69, 9.17) is 0 Å². The summed E-state index contributed by atoms with van der Waals surface area (Å²) in [5, 5.41) is 1.97. The van der Waals surface area contributed by atoms with Crippen molar-refractivity contribution in [3.63, 3.8) is 0 Å². The van der Waals surface area contributed by atoms with E-state index in [0.717, 1.165) is 50.7 Å². The highest BCUT2D eigenvalue weighted by Gasteiger charge is 2.34. The van der Waals surface area contributed by atoms with E-state index in [1.165, 1.54) is 11.3 Å². The summed E-state index contributed by atoms with van der Waals surface area (Å²) in [6, 6.07) is 12.0. The first-order valence-corrected chi connectivity index (χ1v) is 11.7. The number of thiophene rings is 2. The van der Waals surface area contributed by atoms with E-state index in [1.54, 1.807) is 23.5 Å². The number of fused-ring (bicyclic) bond motifs is 9. The van der Waals surface area contributed by atoms with Crippen molar-refractivity contribution in [2.75, 3.05) is 0 Å². The van der Waals surface area contributed by atoms with Crippen LogP contribution >= 0.6 is 54.5 Å². The number of carbonyl (C=O) groups is 2. The van der Waals surface area contributed by atoms with Crippen LogP contribution in [0, 0.1) is 0 Å². The Labute approximate surface area is 184 Å². The molecule has 2 aromatic carbocycles. The van der Waals surface area contributed by atoms with Crippen molar-refractivity contribution in [1.82, 2.24) is 0 Å². The maximum atomic E-state index is 13.1. The van der Waals surface area contributed by atoms with Gasteiger partial charge in [-0.3, -0.25) is 9.59 Å². The molecule has 0 bridgehead atoms. The van der Waals surface area contributed by atoms with E-state index < -0.39 is 0 Å². The van der Waals surface area contributed by atoms with Crippen LogP contribution < -0.4 is 0 Å². The quantitative estimate of drug-likeness (QED) is 0.237. The molecular formula is C22H8Br2O2S2. The molecule has 0 saturated carbocycles. The Hall–Kier alpha value is -1.86. The van der Waals surface area contributed by atoms with Crippen molar-refractivity contribution in [2.45, 2.75) is 0 Å². The summed E-state index contributed by atoms with van der Waals surface area (Å²) < 4.78 is 4.04. The third kappa shape index (κ3) is 2.23. The van der Waals surface area contributed by atoms with Gasteiger partial charge in [0.15, 0.2) is 11.6 Å². The minimum atomic E-state index is 0.00693. The molecule has 2 nitrogen and oxygen atoms in total. The predicted octanol–water partition coefficient (Wildman–Crippen LogP) is 7.50. The average molecular weight is 528 g/mol. The van der Waals surface area contributed by atoms with E-state index in [9.17, 15) is 9.59 Å². The molecule has 4 aromatic rings. The lowest BCUT2D eigenvalue weighted by molar-refractivity contribution is 0.103. The number of hydrogen-bond donors (Lipinski definition) is 0. The molecule has 0 atom stereocenters. The second-order valence-corrected chi connectivity index (χ2v) is 10.7. The lowest BCUT2D eigenvalue weighted by atomic mass is 9.82. The highest BCUT2D eigenvalue weighted by atomic mass is 79.9. The second kappa shape index (κ2) is 5.83. The molecule has 134 valence electrons. The van der Waals surface area contributed by atoms with Gasteiger partial charge in [-0.1, -0.05) is 44.0 Å². The third-order valence-electron chi connectivity index (χ3n) is 5.13. The van der Waals surface area contributed by atoms with E-state index in [1.807, 2.05) is 36.4 Å². The number of carbonyl (C=O) groups excluding carboxylic acids is 2. The Morgan fingerprint density at radius 1 is 0.643 bits per heavy atom. The van der Waals surface area contributed by atoms with Gasteiger partial charge in [0, 0.05) is 50.7 Å². The molecule has 0 amide bonds. The fourth-order valence-corrected chi connectivity index (χ4v) is 7.44. The smallest absolute Gasteiger partial charge is 0.197 e. The second-order valence-electron chi connectivity index (χ2n) is 6.74. The molecule has 2 heterocycles. The van der Waals surface area contributed by atoms with Crippen LogP contribution in [0.15, 0.2) is 57.5 Å². The van der Waals surface area contributed by atoms with E-state index in [0.29, 0.717) is 10.4 Å². The maximum absolute atomic E-state index is 13.1. The Morgan fingerprint density at radius 3 is 1.89 bits per heavy atom. The van der Waals surface area contributed by atoms with E-state index in [-0.39, 0.29) is 11.6 Å². The van der Waals surface area contributed by atoms with Crippen LogP contribution in [0.4, 0.5) is 0 Å². The number of rotatable bonds is 0. The van der Waals surface area contributed by atoms with Gasteiger partial charge in [-0.25, -0.2) is 0 Å². The molecule has 0 saturated heterocycles. The van der Waals surface area contributed by atoms with Crippen LogP contribution in [-0.2, 0) is 0 Å². The van der Waals surface area contributed by atoms with Crippen LogP contribution in [0.25, 0.3) is 31.3 Å². The minimum Gasteiger partial charge on any atom is -0.289 e. The molecule has 2 aromatic heterocycles. The van der Waals surface area contributed by atoms with Crippen molar-refractivity contribution in [2.24, 2.45) is 0 Å². The molecule has 6 heteroatoms. The van der Waals surface area contributed by atoms with Crippen LogP contribution in [0.2, 0.25) is 0 Å². The number of allylic oxidation sites excluding steroid dienone is 4. The van der Waals surface area contributed by atoms with Crippen LogP contribution in [0.3, 0.4) is 0 Å². The summed E-state index contributed by atoms with van der Waals surface area (Å²) >= 11 is 10.1. The first kappa shape index (κ1) is 17.0. The number of halogens is 2. The summed E-state index contributed by atoms with van der Waals surface area (Å²) in [7, 11) is 0. The molecule has 28 heavy (non-hydrogen) atoms. The topological polar surface area (TPSA) is 34.1 Å². The minimum absolute atomic E-state index is 0.00693. The van der Waals surface area contributed by atoms with Gasteiger partial charge in [0.1, 0.15) is 0 Å². The van der Waals surface area contributed by atoms with Crippen molar-refractivity contribution >= 4 is 97.4 Å². The zero-order valence-corrected chi connectivity index (χ0v) is 18.8. The first-order chi connectivity index (χ1) is 13.5. The predicted molar refractivity (Wildman–Crippen MR) is 124 cm³/mol. The highest BCUT2D eigenvalue weighted by Crippen LogP contribution is 2.51. The largest absolute Gasteiger partial charge is 0.289 e. The molecule has 0 aliphatic heterocycles. The number of hydrogen-bond acceptors (Lipinski definition) is 4. The Kier molecular flexibility index (Phi) is 3.55. The Bertz CT molecular complexity index is 1470. The molecule has 0 radical (unpaired) electrons. The van der Waals surface area contributed by atoms with Gasteiger partial charge in [-0.2, -0.15) is 0 Å². The number of ketones is 2. The van der Waals surface area contributed by atoms with Crippen LogP contribution in [0.5, 0.6) is 0 Å². The maximum Gasteiger partial charge on any atom is 0.197 e. The van der Waals surface area contributed by atoms with Gasteiger partial charge in [0.05, 0.1) is 4.88 Å². The van der Waals surface area contributed by atoms with E-state index >= 15 is 0 Å². The average Bonchev–Trinajstić information content (AvgIpc) is 3.21. The fraction of sp³-hybridized carbons (Fsp3) is 0. The molecule has 2 aliphatic carbocycles. The van der Waals surface area contributed by atoms with Crippen LogP contribution in [0.1, 0.15) is 30.5 Å². The summed E-state index contributed by atoms with van der Waals surface area (Å²) in [4.78, 5) is 27.7. The molecular weight excluding hydrogens is 520 g/mol. The van der Waals surface area contributed by atoms with Gasteiger partial charge in [-0.05, 0) is 42.0 Å². The van der Waals surface area contributed by atoms with Gasteiger partial charge >= 0.3 is 0 Å². The van der Waals surface area contributed by atoms with E-state index in [2.05, 4.69) is 31.9 Å². The molecule has 2 aliphatic rings. The van der Waals surface area contributed by atoms with Gasteiger partial charge in [0.25, 0.3) is 0 Å². The lowest BCUT2D eigenvalue weighted by Gasteiger charge is -2.21. The molecule has 6 rings (SSSR count). The Balaban J connectivity index is 1.68. The zero-order chi connectivity index (χ0) is 19.2. The fourth-order valence-electron chi connectivity index (χ4n) is 3.97. The van der Waals surface area contributed by atoms with Crippen molar-refractivity contribution < 1.29 is 9.59 Å². The molecule has 0 N–H and O–H groups in total. The monoisotopic (exact) mass is 526 g/mol. The normalized spacial score (nSPS) is 15.4. The van der Waals surface area contributed by atoms with Crippen molar-refractivity contribution in [1.29, 1.82) is 0 Å². The SMILES string of the molecule is O=C1C=C2C(=CC(=O)c3c2sc2cc(Br)ccc32)c2c1sc1cc(Br)ccc21. The summed E-state index contributed by atoms with van der Waals surface area (Å²) in [6.07, 6.45) is 3.41. The zero-order valence-electron chi connectivity index (χ0n) is 14.0. The summed E-state index contributed by atoms with van der Waals surface area (Å²) in [5.41, 5.74) is 3.34. The van der Waals surface area contributed by atoms with Gasteiger partial charge in [-0.15, -0.1) is 22.7 Å². The Morgan fingerprint density at radius 2 is 1.21 bits per heavy atom. The standard InChI is InChI=1S/C22H8Br2O2S2/c23-9-1-3-11-17(5-9)28-22-16(26)8-14-13(19(11)22)7-15(25)20-12-4-2-10(24)6-18(12)27-21(14)20/h1-8H. The first-order valence-electron chi connectivity index (χ1n) is 8.48.